The predicted octanol–water partition coefficient (Wildman–Crippen LogP) is 4.41. The molecule has 0 amide bonds. The second-order valence-electron chi connectivity index (χ2n) is 5.03. The largest absolute Gasteiger partial charge is 0.310 e. The van der Waals surface area contributed by atoms with E-state index >= 15 is 0 Å². The van der Waals surface area contributed by atoms with Crippen LogP contribution in [0.4, 0.5) is 8.78 Å². The number of nitrogens with one attached hydrogen (secondary N) is 1. The quantitative estimate of drug-likeness (QED) is 0.794. The van der Waals surface area contributed by atoms with Crippen molar-refractivity contribution in [3.05, 3.63) is 65.2 Å². The van der Waals surface area contributed by atoms with E-state index in [2.05, 4.69) is 29.6 Å². The zero-order valence-electron chi connectivity index (χ0n) is 12.2. The monoisotopic (exact) mass is 307 g/mol. The summed E-state index contributed by atoms with van der Waals surface area (Å²) < 4.78 is 27.2. The Hall–Kier alpha value is -1.39. The van der Waals surface area contributed by atoms with E-state index in [-0.39, 0.29) is 11.6 Å². The molecule has 0 aliphatic heterocycles. The number of hydrogen-bond acceptors (Lipinski definition) is 2. The van der Waals surface area contributed by atoms with Gasteiger partial charge in [-0.2, -0.15) is 0 Å². The van der Waals surface area contributed by atoms with Gasteiger partial charge in [-0.15, -0.1) is 11.8 Å². The molecule has 0 spiro atoms. The molecule has 0 fully saturated rings. The van der Waals surface area contributed by atoms with Gasteiger partial charge in [-0.3, -0.25) is 0 Å². The van der Waals surface area contributed by atoms with Crippen molar-refractivity contribution < 1.29 is 8.78 Å². The molecule has 2 rings (SSSR count). The third kappa shape index (κ3) is 4.55. The van der Waals surface area contributed by atoms with Crippen molar-refractivity contribution in [2.45, 2.75) is 30.8 Å². The fraction of sp³-hybridized carbons (Fsp3) is 0.294. The maximum Gasteiger partial charge on any atom is 0.129 e. The van der Waals surface area contributed by atoms with E-state index in [1.54, 1.807) is 11.8 Å². The molecule has 1 nitrogen and oxygen atoms in total. The van der Waals surface area contributed by atoms with Crippen molar-refractivity contribution in [1.82, 2.24) is 5.32 Å². The first-order chi connectivity index (χ1) is 10.1. The molecule has 2 aromatic rings. The molecule has 21 heavy (non-hydrogen) atoms. The third-order valence-corrected chi connectivity index (χ3v) is 4.13. The van der Waals surface area contributed by atoms with Crippen molar-refractivity contribution in [3.63, 3.8) is 0 Å². The Bertz CT molecular complexity index is 564. The van der Waals surface area contributed by atoms with Gasteiger partial charge in [0.1, 0.15) is 11.6 Å². The van der Waals surface area contributed by atoms with Crippen molar-refractivity contribution in [2.24, 2.45) is 0 Å². The van der Waals surface area contributed by atoms with Crippen molar-refractivity contribution in [2.75, 3.05) is 6.26 Å². The van der Waals surface area contributed by atoms with Crippen LogP contribution in [-0.4, -0.2) is 12.3 Å². The van der Waals surface area contributed by atoms with Crippen LogP contribution in [0.25, 0.3) is 0 Å². The highest BCUT2D eigenvalue weighted by Gasteiger charge is 2.12. The standard InChI is InChI=1S/C17H19F2NS/c1-12(10-15-16(18)4-3-5-17(15)19)20-11-13-6-8-14(21-2)9-7-13/h3-9,12,20H,10-11H2,1-2H3. The molecule has 0 saturated carbocycles. The third-order valence-electron chi connectivity index (χ3n) is 3.39. The normalized spacial score (nSPS) is 12.4. The summed E-state index contributed by atoms with van der Waals surface area (Å²) in [6, 6.07) is 12.3. The fourth-order valence-corrected chi connectivity index (χ4v) is 2.55. The van der Waals surface area contributed by atoms with Gasteiger partial charge >= 0.3 is 0 Å². The SMILES string of the molecule is CSc1ccc(CNC(C)Cc2c(F)cccc2F)cc1. The summed E-state index contributed by atoms with van der Waals surface area (Å²) in [6.45, 7) is 2.62. The molecular formula is C17H19F2NS. The lowest BCUT2D eigenvalue weighted by molar-refractivity contribution is 0.499. The number of benzene rings is 2. The summed E-state index contributed by atoms with van der Waals surface area (Å²) in [5, 5.41) is 3.30. The van der Waals surface area contributed by atoms with E-state index in [1.807, 2.05) is 13.2 Å². The molecular weight excluding hydrogens is 288 g/mol. The van der Waals surface area contributed by atoms with Crippen molar-refractivity contribution >= 4 is 11.8 Å². The lowest BCUT2D eigenvalue weighted by Gasteiger charge is -2.15. The first-order valence-electron chi connectivity index (χ1n) is 6.89. The van der Waals surface area contributed by atoms with Gasteiger partial charge in [-0.05, 0) is 49.4 Å². The summed E-state index contributed by atoms with van der Waals surface area (Å²) in [5.41, 5.74) is 1.31. The van der Waals surface area contributed by atoms with E-state index in [0.29, 0.717) is 13.0 Å². The molecule has 1 N–H and O–H groups in total. The molecule has 0 saturated heterocycles. The summed E-state index contributed by atoms with van der Waals surface area (Å²) in [7, 11) is 0. The molecule has 112 valence electrons. The Labute approximate surface area is 128 Å². The Morgan fingerprint density at radius 1 is 1.05 bits per heavy atom. The maximum atomic E-state index is 13.6. The molecule has 1 atom stereocenters. The summed E-state index contributed by atoms with van der Waals surface area (Å²) in [6.07, 6.45) is 2.37. The van der Waals surface area contributed by atoms with Gasteiger partial charge in [0.2, 0.25) is 0 Å². The van der Waals surface area contributed by atoms with Crippen LogP contribution < -0.4 is 5.32 Å². The van der Waals surface area contributed by atoms with Gasteiger partial charge < -0.3 is 5.32 Å². The smallest absolute Gasteiger partial charge is 0.129 e. The van der Waals surface area contributed by atoms with Crippen LogP contribution in [0.2, 0.25) is 0 Å². The highest BCUT2D eigenvalue weighted by atomic mass is 32.2. The van der Waals surface area contributed by atoms with Gasteiger partial charge in [-0.25, -0.2) is 8.78 Å². The van der Waals surface area contributed by atoms with Gasteiger partial charge in [0, 0.05) is 23.0 Å². The molecule has 2 aromatic carbocycles. The zero-order chi connectivity index (χ0) is 15.2. The Balaban J connectivity index is 1.91. The van der Waals surface area contributed by atoms with E-state index in [0.717, 1.165) is 5.56 Å². The second kappa shape index (κ2) is 7.57. The minimum atomic E-state index is -0.479. The second-order valence-corrected chi connectivity index (χ2v) is 5.91. The van der Waals surface area contributed by atoms with Crippen molar-refractivity contribution in [3.8, 4) is 0 Å². The van der Waals surface area contributed by atoms with Crippen LogP contribution in [-0.2, 0) is 13.0 Å². The number of rotatable bonds is 6. The molecule has 0 radical (unpaired) electrons. The number of thioether (sulfide) groups is 1. The van der Waals surface area contributed by atoms with Crippen molar-refractivity contribution in [1.29, 1.82) is 0 Å². The lowest BCUT2D eigenvalue weighted by atomic mass is 10.1. The van der Waals surface area contributed by atoms with E-state index in [1.165, 1.54) is 23.1 Å². The van der Waals surface area contributed by atoms with Gasteiger partial charge in [0.15, 0.2) is 0 Å². The minimum absolute atomic E-state index is 0.00312. The Kier molecular flexibility index (Phi) is 5.76. The van der Waals surface area contributed by atoms with E-state index < -0.39 is 11.6 Å². The highest BCUT2D eigenvalue weighted by molar-refractivity contribution is 7.98. The Morgan fingerprint density at radius 2 is 1.67 bits per heavy atom. The minimum Gasteiger partial charge on any atom is -0.310 e. The number of halogens is 2. The molecule has 0 aromatic heterocycles. The molecule has 0 bridgehead atoms. The van der Waals surface area contributed by atoms with Crippen LogP contribution >= 0.6 is 11.8 Å². The van der Waals surface area contributed by atoms with Gasteiger partial charge in [0.05, 0.1) is 0 Å². The van der Waals surface area contributed by atoms with Crippen LogP contribution in [0.1, 0.15) is 18.1 Å². The molecule has 4 heteroatoms. The maximum absolute atomic E-state index is 13.6. The summed E-state index contributed by atoms with van der Waals surface area (Å²) in [4.78, 5) is 1.22. The topological polar surface area (TPSA) is 12.0 Å². The zero-order valence-corrected chi connectivity index (χ0v) is 13.0. The first kappa shape index (κ1) is 16.0. The molecule has 0 aliphatic carbocycles. The summed E-state index contributed by atoms with van der Waals surface area (Å²) >= 11 is 1.70. The fourth-order valence-electron chi connectivity index (χ4n) is 2.14. The van der Waals surface area contributed by atoms with Crippen LogP contribution in [0.5, 0.6) is 0 Å². The van der Waals surface area contributed by atoms with E-state index in [9.17, 15) is 8.78 Å². The van der Waals surface area contributed by atoms with E-state index in [4.69, 9.17) is 0 Å². The average molecular weight is 307 g/mol. The predicted molar refractivity (Wildman–Crippen MR) is 84.6 cm³/mol. The van der Waals surface area contributed by atoms with Crippen LogP contribution in [0, 0.1) is 11.6 Å². The molecule has 0 heterocycles. The van der Waals surface area contributed by atoms with Gasteiger partial charge in [0.25, 0.3) is 0 Å². The lowest BCUT2D eigenvalue weighted by Crippen LogP contribution is -2.28. The Morgan fingerprint density at radius 3 is 2.24 bits per heavy atom. The number of hydrogen-bond donors (Lipinski definition) is 1. The van der Waals surface area contributed by atoms with Crippen LogP contribution in [0.15, 0.2) is 47.4 Å². The average Bonchev–Trinajstić information content (AvgIpc) is 2.49. The first-order valence-corrected chi connectivity index (χ1v) is 8.12. The highest BCUT2D eigenvalue weighted by Crippen LogP contribution is 2.16. The molecule has 0 aliphatic rings. The van der Waals surface area contributed by atoms with Crippen LogP contribution in [0.3, 0.4) is 0 Å². The van der Waals surface area contributed by atoms with Gasteiger partial charge in [-0.1, -0.05) is 18.2 Å². The summed E-state index contributed by atoms with van der Waals surface area (Å²) in [5.74, 6) is -0.957. The molecule has 1 unspecified atom stereocenters.